The Morgan fingerprint density at radius 3 is 2.62 bits per heavy atom. The average Bonchev–Trinajstić information content (AvgIpc) is 2.42. The fourth-order valence-electron chi connectivity index (χ4n) is 1.99. The number of hydrogen-bond donors (Lipinski definition) is 2. The smallest absolute Gasteiger partial charge is 0.336 e. The van der Waals surface area contributed by atoms with Crippen molar-refractivity contribution < 1.29 is 19.7 Å². The van der Waals surface area contributed by atoms with Gasteiger partial charge in [0.25, 0.3) is 0 Å². The molecule has 0 heterocycles. The molecule has 4 nitrogen and oxygen atoms in total. The first-order chi connectivity index (χ1) is 9.90. The Kier molecular flexibility index (Phi) is 4.38. The number of aromatic hydroxyl groups is 1. The molecule has 110 valence electrons. The summed E-state index contributed by atoms with van der Waals surface area (Å²) < 4.78 is 5.67. The molecular formula is C16H15ClO4. The summed E-state index contributed by atoms with van der Waals surface area (Å²) in [4.78, 5) is 11.2. The van der Waals surface area contributed by atoms with Crippen LogP contribution in [0.15, 0.2) is 30.3 Å². The van der Waals surface area contributed by atoms with Gasteiger partial charge in [-0.25, -0.2) is 4.79 Å². The molecule has 0 aromatic heterocycles. The van der Waals surface area contributed by atoms with E-state index in [0.717, 1.165) is 5.56 Å². The molecule has 0 aliphatic heterocycles. The van der Waals surface area contributed by atoms with Crippen LogP contribution < -0.4 is 4.74 Å². The molecule has 2 aromatic rings. The van der Waals surface area contributed by atoms with Gasteiger partial charge in [-0.15, -0.1) is 0 Å². The molecule has 0 saturated carbocycles. The number of aryl methyl sites for hydroxylation is 2. The van der Waals surface area contributed by atoms with Crippen molar-refractivity contribution in [2.24, 2.45) is 0 Å². The summed E-state index contributed by atoms with van der Waals surface area (Å²) in [6.45, 7) is 3.62. The highest BCUT2D eigenvalue weighted by Crippen LogP contribution is 2.29. The Balaban J connectivity index is 2.29. The minimum atomic E-state index is -1.05. The van der Waals surface area contributed by atoms with Gasteiger partial charge in [-0.1, -0.05) is 17.7 Å². The number of rotatable bonds is 4. The zero-order chi connectivity index (χ0) is 15.6. The van der Waals surface area contributed by atoms with Crippen molar-refractivity contribution in [1.82, 2.24) is 0 Å². The number of aromatic carboxylic acids is 1. The summed E-state index contributed by atoms with van der Waals surface area (Å²) in [6.07, 6.45) is 0. The lowest BCUT2D eigenvalue weighted by Gasteiger charge is -2.13. The van der Waals surface area contributed by atoms with E-state index in [1.54, 1.807) is 38.1 Å². The second-order valence-corrected chi connectivity index (χ2v) is 5.17. The number of carboxylic acid groups (broad SMARTS) is 1. The molecule has 0 radical (unpaired) electrons. The third-order valence-electron chi connectivity index (χ3n) is 3.21. The second-order valence-electron chi connectivity index (χ2n) is 4.76. The Labute approximate surface area is 127 Å². The van der Waals surface area contributed by atoms with Crippen molar-refractivity contribution in [2.75, 3.05) is 0 Å². The second kappa shape index (κ2) is 6.06. The SMILES string of the molecule is Cc1cc(OCc2c(Cl)cccc2C(=O)O)c(C)cc1O. The van der Waals surface area contributed by atoms with E-state index in [4.69, 9.17) is 16.3 Å². The fraction of sp³-hybridized carbons (Fsp3) is 0.188. The van der Waals surface area contributed by atoms with Crippen LogP contribution in [0.1, 0.15) is 27.0 Å². The maximum atomic E-state index is 11.2. The van der Waals surface area contributed by atoms with Crippen molar-refractivity contribution in [3.05, 3.63) is 57.6 Å². The molecule has 21 heavy (non-hydrogen) atoms. The summed E-state index contributed by atoms with van der Waals surface area (Å²) in [5.74, 6) is -0.264. The zero-order valence-electron chi connectivity index (χ0n) is 11.7. The van der Waals surface area contributed by atoms with Crippen LogP contribution in [0.25, 0.3) is 0 Å². The Hall–Kier alpha value is -2.20. The van der Waals surface area contributed by atoms with Crippen LogP contribution in [0.4, 0.5) is 0 Å². The highest BCUT2D eigenvalue weighted by molar-refractivity contribution is 6.31. The lowest BCUT2D eigenvalue weighted by atomic mass is 10.1. The molecule has 0 unspecified atom stereocenters. The third kappa shape index (κ3) is 3.28. The van der Waals surface area contributed by atoms with Gasteiger partial charge in [0.2, 0.25) is 0 Å². The lowest BCUT2D eigenvalue weighted by Crippen LogP contribution is -2.07. The van der Waals surface area contributed by atoms with Gasteiger partial charge in [-0.3, -0.25) is 0 Å². The summed E-state index contributed by atoms with van der Waals surface area (Å²) >= 11 is 6.05. The van der Waals surface area contributed by atoms with Gasteiger partial charge < -0.3 is 14.9 Å². The van der Waals surface area contributed by atoms with E-state index in [0.29, 0.717) is 21.9 Å². The van der Waals surface area contributed by atoms with Gasteiger partial charge in [-0.05, 0) is 49.2 Å². The Morgan fingerprint density at radius 2 is 1.95 bits per heavy atom. The van der Waals surface area contributed by atoms with Crippen molar-refractivity contribution in [2.45, 2.75) is 20.5 Å². The van der Waals surface area contributed by atoms with Gasteiger partial charge in [-0.2, -0.15) is 0 Å². The molecule has 0 atom stereocenters. The molecule has 0 aliphatic rings. The van der Waals surface area contributed by atoms with E-state index < -0.39 is 5.97 Å². The number of phenolic OH excluding ortho intramolecular Hbond substituents is 1. The largest absolute Gasteiger partial charge is 0.508 e. The van der Waals surface area contributed by atoms with E-state index in [-0.39, 0.29) is 17.9 Å². The van der Waals surface area contributed by atoms with Crippen LogP contribution in [-0.2, 0) is 6.61 Å². The first-order valence-electron chi connectivity index (χ1n) is 6.34. The summed E-state index contributed by atoms with van der Waals surface area (Å²) in [6, 6.07) is 8.02. The van der Waals surface area contributed by atoms with Crippen LogP contribution in [-0.4, -0.2) is 16.2 Å². The number of benzene rings is 2. The molecule has 2 N–H and O–H groups in total. The number of ether oxygens (including phenoxy) is 1. The number of hydrogen-bond acceptors (Lipinski definition) is 3. The average molecular weight is 307 g/mol. The van der Waals surface area contributed by atoms with Gasteiger partial charge in [0.05, 0.1) is 5.56 Å². The monoisotopic (exact) mass is 306 g/mol. The van der Waals surface area contributed by atoms with E-state index in [1.165, 1.54) is 6.07 Å². The van der Waals surface area contributed by atoms with Crippen LogP contribution in [0.2, 0.25) is 5.02 Å². The van der Waals surface area contributed by atoms with Crippen LogP contribution in [0.5, 0.6) is 11.5 Å². The highest BCUT2D eigenvalue weighted by atomic mass is 35.5. The third-order valence-corrected chi connectivity index (χ3v) is 3.57. The van der Waals surface area contributed by atoms with Crippen molar-refractivity contribution in [3.63, 3.8) is 0 Å². The maximum absolute atomic E-state index is 11.2. The summed E-state index contributed by atoms with van der Waals surface area (Å²) in [5.41, 5.74) is 2.00. The molecule has 2 aromatic carbocycles. The molecule has 0 saturated heterocycles. The fourth-order valence-corrected chi connectivity index (χ4v) is 2.21. The van der Waals surface area contributed by atoms with Crippen LogP contribution >= 0.6 is 11.6 Å². The predicted octanol–water partition coefficient (Wildman–Crippen LogP) is 3.94. The van der Waals surface area contributed by atoms with Gasteiger partial charge >= 0.3 is 5.97 Å². The molecule has 0 spiro atoms. The maximum Gasteiger partial charge on any atom is 0.336 e. The summed E-state index contributed by atoms with van der Waals surface area (Å²) in [5, 5.41) is 19.1. The highest BCUT2D eigenvalue weighted by Gasteiger charge is 2.14. The molecule has 0 bridgehead atoms. The van der Waals surface area contributed by atoms with Crippen LogP contribution in [0.3, 0.4) is 0 Å². The quantitative estimate of drug-likeness (QED) is 0.898. The van der Waals surface area contributed by atoms with Crippen molar-refractivity contribution in [1.29, 1.82) is 0 Å². The molecule has 0 amide bonds. The first-order valence-corrected chi connectivity index (χ1v) is 6.71. The number of carbonyl (C=O) groups is 1. The minimum Gasteiger partial charge on any atom is -0.508 e. The molecule has 2 rings (SSSR count). The van der Waals surface area contributed by atoms with E-state index >= 15 is 0 Å². The first kappa shape index (κ1) is 15.2. The number of phenols is 1. The summed E-state index contributed by atoms with van der Waals surface area (Å²) in [7, 11) is 0. The Morgan fingerprint density at radius 1 is 1.24 bits per heavy atom. The predicted molar refractivity (Wildman–Crippen MR) is 80.3 cm³/mol. The number of halogens is 1. The topological polar surface area (TPSA) is 66.8 Å². The molecule has 0 fully saturated rings. The Bertz CT molecular complexity index is 695. The van der Waals surface area contributed by atoms with Crippen molar-refractivity contribution in [3.8, 4) is 11.5 Å². The molecule has 5 heteroatoms. The van der Waals surface area contributed by atoms with E-state index in [1.807, 2.05) is 0 Å². The van der Waals surface area contributed by atoms with Crippen LogP contribution in [0, 0.1) is 13.8 Å². The molecular weight excluding hydrogens is 292 g/mol. The van der Waals surface area contributed by atoms with Crippen molar-refractivity contribution >= 4 is 17.6 Å². The van der Waals surface area contributed by atoms with Gasteiger partial charge in [0.1, 0.15) is 18.1 Å². The lowest BCUT2D eigenvalue weighted by molar-refractivity contribution is 0.0694. The zero-order valence-corrected chi connectivity index (χ0v) is 12.4. The standard InChI is InChI=1S/C16H15ClO4/c1-9-7-15(10(2)6-14(9)18)21-8-12-11(16(19)20)4-3-5-13(12)17/h3-7,18H,8H2,1-2H3,(H,19,20). The number of carboxylic acids is 1. The van der Waals surface area contributed by atoms with E-state index in [2.05, 4.69) is 0 Å². The minimum absolute atomic E-state index is 0.0480. The van der Waals surface area contributed by atoms with Gasteiger partial charge in [0.15, 0.2) is 0 Å². The van der Waals surface area contributed by atoms with Gasteiger partial charge in [0, 0.05) is 10.6 Å². The normalized spacial score (nSPS) is 10.4. The molecule has 0 aliphatic carbocycles. The van der Waals surface area contributed by atoms with E-state index in [9.17, 15) is 15.0 Å².